The van der Waals surface area contributed by atoms with Gasteiger partial charge < -0.3 is 15.3 Å². The van der Waals surface area contributed by atoms with Crippen LogP contribution in [-0.2, 0) is 4.79 Å². The van der Waals surface area contributed by atoms with Crippen LogP contribution < -0.4 is 5.32 Å². The molecule has 4 nitrogen and oxygen atoms in total. The van der Waals surface area contributed by atoms with Gasteiger partial charge in [-0.25, -0.2) is 0 Å². The third-order valence-electron chi connectivity index (χ3n) is 4.99. The summed E-state index contributed by atoms with van der Waals surface area (Å²) in [7, 11) is 1.80. The number of hydrogen-bond donors (Lipinski definition) is 2. The minimum absolute atomic E-state index is 0.285. The van der Waals surface area contributed by atoms with E-state index in [0.717, 1.165) is 44.8 Å². The Morgan fingerprint density at radius 2 is 2.11 bits per heavy atom. The molecular weight excluding hydrogens is 240 g/mol. The zero-order valence-electron chi connectivity index (χ0n) is 12.3. The first-order chi connectivity index (χ1) is 9.14. The summed E-state index contributed by atoms with van der Waals surface area (Å²) in [5.41, 5.74) is -0.665. The van der Waals surface area contributed by atoms with Gasteiger partial charge in [0.1, 0.15) is 5.54 Å². The number of carboxylic acid groups (broad SMARTS) is 1. The molecule has 2 atom stereocenters. The molecule has 0 aromatic heterocycles. The fraction of sp³-hybridized carbons (Fsp3) is 0.933. The minimum Gasteiger partial charge on any atom is -0.480 e. The van der Waals surface area contributed by atoms with E-state index in [-0.39, 0.29) is 5.92 Å². The molecule has 0 aromatic carbocycles. The number of nitrogens with one attached hydrogen (secondary N) is 1. The Balaban J connectivity index is 1.91. The zero-order chi connectivity index (χ0) is 13.9. The average molecular weight is 268 g/mol. The van der Waals surface area contributed by atoms with Crippen molar-refractivity contribution in [1.82, 2.24) is 10.2 Å². The quantitative estimate of drug-likeness (QED) is 0.708. The van der Waals surface area contributed by atoms with Gasteiger partial charge in [-0.05, 0) is 64.6 Å². The third-order valence-corrected chi connectivity index (χ3v) is 4.99. The first-order valence-corrected chi connectivity index (χ1v) is 7.80. The Hall–Kier alpha value is -0.610. The van der Waals surface area contributed by atoms with E-state index >= 15 is 0 Å². The fourth-order valence-corrected chi connectivity index (χ4v) is 3.71. The summed E-state index contributed by atoms with van der Waals surface area (Å²) >= 11 is 0. The second kappa shape index (κ2) is 6.23. The van der Waals surface area contributed by atoms with Crippen molar-refractivity contribution < 1.29 is 9.90 Å². The van der Waals surface area contributed by atoms with Crippen LogP contribution in [0.3, 0.4) is 0 Å². The highest BCUT2D eigenvalue weighted by Crippen LogP contribution is 2.39. The fourth-order valence-electron chi connectivity index (χ4n) is 3.71. The molecule has 2 fully saturated rings. The van der Waals surface area contributed by atoms with E-state index in [1.807, 2.05) is 0 Å². The predicted molar refractivity (Wildman–Crippen MR) is 76.3 cm³/mol. The summed E-state index contributed by atoms with van der Waals surface area (Å²) in [4.78, 5) is 14.2. The van der Waals surface area contributed by atoms with Crippen LogP contribution in [0.25, 0.3) is 0 Å². The molecule has 0 radical (unpaired) electrons. The predicted octanol–water partition coefficient (Wildman–Crippen LogP) is 2.09. The summed E-state index contributed by atoms with van der Waals surface area (Å²) < 4.78 is 0. The molecule has 2 aliphatic rings. The van der Waals surface area contributed by atoms with Gasteiger partial charge in [0, 0.05) is 6.04 Å². The number of carbonyl (C=O) groups is 1. The van der Waals surface area contributed by atoms with Crippen molar-refractivity contribution in [1.29, 1.82) is 0 Å². The van der Waals surface area contributed by atoms with Gasteiger partial charge in [0.15, 0.2) is 0 Å². The van der Waals surface area contributed by atoms with Crippen molar-refractivity contribution in [3.05, 3.63) is 0 Å². The first kappa shape index (κ1) is 14.8. The van der Waals surface area contributed by atoms with Crippen LogP contribution in [0, 0.1) is 5.92 Å². The second-order valence-electron chi connectivity index (χ2n) is 6.17. The van der Waals surface area contributed by atoms with E-state index in [1.54, 1.807) is 7.05 Å². The van der Waals surface area contributed by atoms with E-state index in [9.17, 15) is 9.90 Å². The molecule has 0 heterocycles. The van der Waals surface area contributed by atoms with Gasteiger partial charge >= 0.3 is 5.97 Å². The van der Waals surface area contributed by atoms with Crippen molar-refractivity contribution in [2.24, 2.45) is 5.92 Å². The molecule has 0 aliphatic heterocycles. The summed E-state index contributed by atoms with van der Waals surface area (Å²) in [6, 6.07) is 0.787. The van der Waals surface area contributed by atoms with Gasteiger partial charge in [0.25, 0.3) is 0 Å². The van der Waals surface area contributed by atoms with Crippen LogP contribution in [0.4, 0.5) is 0 Å². The van der Waals surface area contributed by atoms with Crippen molar-refractivity contribution in [3.63, 3.8) is 0 Å². The van der Waals surface area contributed by atoms with Crippen LogP contribution in [0.2, 0.25) is 0 Å². The van der Waals surface area contributed by atoms with Gasteiger partial charge in [0.05, 0.1) is 0 Å². The Morgan fingerprint density at radius 1 is 1.37 bits per heavy atom. The molecule has 110 valence electrons. The molecular formula is C15H28N2O2. The number of hydrogen-bond acceptors (Lipinski definition) is 3. The Morgan fingerprint density at radius 3 is 2.63 bits per heavy atom. The van der Waals surface area contributed by atoms with Gasteiger partial charge in [-0.3, -0.25) is 4.79 Å². The molecule has 4 heteroatoms. The summed E-state index contributed by atoms with van der Waals surface area (Å²) in [6.07, 6.45) is 7.75. The van der Waals surface area contributed by atoms with Gasteiger partial charge in [-0.1, -0.05) is 13.3 Å². The van der Waals surface area contributed by atoms with E-state index < -0.39 is 11.5 Å². The molecule has 2 aliphatic carbocycles. The molecule has 0 amide bonds. The number of carboxylic acids is 1. The van der Waals surface area contributed by atoms with Crippen LogP contribution in [0.5, 0.6) is 0 Å². The molecule has 2 rings (SSSR count). The van der Waals surface area contributed by atoms with Crippen LogP contribution in [0.15, 0.2) is 0 Å². The Labute approximate surface area is 116 Å². The highest BCUT2D eigenvalue weighted by Gasteiger charge is 2.47. The minimum atomic E-state index is -0.665. The lowest BCUT2D eigenvalue weighted by Gasteiger charge is -2.32. The second-order valence-corrected chi connectivity index (χ2v) is 6.17. The van der Waals surface area contributed by atoms with E-state index in [0.29, 0.717) is 0 Å². The van der Waals surface area contributed by atoms with E-state index in [1.165, 1.54) is 19.3 Å². The maximum absolute atomic E-state index is 11.6. The van der Waals surface area contributed by atoms with Crippen LogP contribution in [0.1, 0.15) is 51.9 Å². The van der Waals surface area contributed by atoms with Crippen molar-refractivity contribution in [2.45, 2.75) is 63.5 Å². The summed E-state index contributed by atoms with van der Waals surface area (Å²) in [5, 5.41) is 12.7. The number of likely N-dealkylation sites (N-methyl/N-ethyl adjacent to an activating group) is 1. The monoisotopic (exact) mass is 268 g/mol. The van der Waals surface area contributed by atoms with Gasteiger partial charge in [-0.2, -0.15) is 0 Å². The van der Waals surface area contributed by atoms with Crippen LogP contribution in [-0.4, -0.2) is 47.7 Å². The molecule has 0 aromatic rings. The van der Waals surface area contributed by atoms with Gasteiger partial charge in [0.2, 0.25) is 0 Å². The lowest BCUT2D eigenvalue weighted by Crippen LogP contribution is -2.53. The summed E-state index contributed by atoms with van der Waals surface area (Å²) in [5.74, 6) is -0.376. The third kappa shape index (κ3) is 3.11. The molecule has 0 saturated heterocycles. The SMILES string of the molecule is CCCN(CCC1CCCC1(NC)C(=O)O)C1CC1. The first-order valence-electron chi connectivity index (χ1n) is 7.80. The van der Waals surface area contributed by atoms with Crippen molar-refractivity contribution in [3.8, 4) is 0 Å². The topological polar surface area (TPSA) is 52.6 Å². The smallest absolute Gasteiger partial charge is 0.324 e. The van der Waals surface area contributed by atoms with Crippen molar-refractivity contribution in [2.75, 3.05) is 20.1 Å². The standard InChI is InChI=1S/C15H28N2O2/c1-3-10-17(13-6-7-13)11-8-12-5-4-9-15(12,16-2)14(18)19/h12-13,16H,3-11H2,1-2H3,(H,18,19). The molecule has 0 spiro atoms. The Kier molecular flexibility index (Phi) is 4.85. The maximum atomic E-state index is 11.6. The lowest BCUT2D eigenvalue weighted by molar-refractivity contribution is -0.146. The lowest BCUT2D eigenvalue weighted by atomic mass is 9.84. The van der Waals surface area contributed by atoms with E-state index in [2.05, 4.69) is 17.1 Å². The van der Waals surface area contributed by atoms with E-state index in [4.69, 9.17) is 0 Å². The molecule has 0 bridgehead atoms. The number of nitrogens with zero attached hydrogens (tertiary/aromatic N) is 1. The largest absolute Gasteiger partial charge is 0.480 e. The number of rotatable bonds is 8. The highest BCUT2D eigenvalue weighted by molar-refractivity contribution is 5.79. The molecule has 19 heavy (non-hydrogen) atoms. The van der Waals surface area contributed by atoms with Crippen LogP contribution >= 0.6 is 0 Å². The highest BCUT2D eigenvalue weighted by atomic mass is 16.4. The van der Waals surface area contributed by atoms with Gasteiger partial charge in [-0.15, -0.1) is 0 Å². The number of aliphatic carboxylic acids is 1. The Bertz CT molecular complexity index is 317. The maximum Gasteiger partial charge on any atom is 0.324 e. The zero-order valence-corrected chi connectivity index (χ0v) is 12.3. The normalized spacial score (nSPS) is 31.0. The molecule has 2 saturated carbocycles. The molecule has 2 unspecified atom stereocenters. The van der Waals surface area contributed by atoms with Crippen molar-refractivity contribution >= 4 is 5.97 Å². The summed E-state index contributed by atoms with van der Waals surface area (Å²) in [6.45, 7) is 4.46. The average Bonchev–Trinajstić information content (AvgIpc) is 3.14. The molecule has 2 N–H and O–H groups in total.